The van der Waals surface area contributed by atoms with E-state index < -0.39 is 53.5 Å². The molecule has 0 bridgehead atoms. The van der Waals surface area contributed by atoms with Crippen LogP contribution in [0.2, 0.25) is 0 Å². The number of carbonyl (C=O) groups excluding carboxylic acids is 3. The van der Waals surface area contributed by atoms with Crippen LogP contribution >= 0.6 is 23.4 Å². The van der Waals surface area contributed by atoms with E-state index in [2.05, 4.69) is 0 Å². The van der Waals surface area contributed by atoms with Crippen LogP contribution in [0.4, 0.5) is 0 Å². The summed E-state index contributed by atoms with van der Waals surface area (Å²) in [6, 6.07) is 22.5. The number of aryl methyl sites for hydroxylation is 1. The first-order valence-corrected chi connectivity index (χ1v) is 14.2. The molecule has 5 rings (SSSR count). The third-order valence-electron chi connectivity index (χ3n) is 6.81. The van der Waals surface area contributed by atoms with Crippen molar-refractivity contribution in [3.8, 4) is 0 Å². The summed E-state index contributed by atoms with van der Waals surface area (Å²) in [7, 11) is 0. The maximum atomic E-state index is 13.5. The first-order valence-electron chi connectivity index (χ1n) is 12.8. The Kier molecular flexibility index (Phi) is 8.87. The molecule has 8 nitrogen and oxygen atoms in total. The van der Waals surface area contributed by atoms with Crippen molar-refractivity contribution in [2.45, 2.75) is 48.2 Å². The van der Waals surface area contributed by atoms with Crippen LogP contribution in [-0.4, -0.2) is 70.1 Å². The lowest BCUT2D eigenvalue weighted by molar-refractivity contribution is -0.204. The number of ether oxygens (including phenoxy) is 3. The number of alkyl halides is 1. The van der Waals surface area contributed by atoms with Crippen LogP contribution in [0, 0.1) is 6.92 Å². The van der Waals surface area contributed by atoms with Gasteiger partial charge in [0.05, 0.1) is 24.3 Å². The van der Waals surface area contributed by atoms with Gasteiger partial charge in [0.25, 0.3) is 11.8 Å². The molecule has 1 fully saturated rings. The molecule has 0 aliphatic carbocycles. The molecule has 208 valence electrons. The summed E-state index contributed by atoms with van der Waals surface area (Å²) in [6.07, 6.45) is -3.64. The van der Waals surface area contributed by atoms with Gasteiger partial charge in [0.2, 0.25) is 0 Å². The summed E-state index contributed by atoms with van der Waals surface area (Å²) in [5.74, 6) is -2.37. The number of aliphatic hydroxyl groups excluding tert-OH is 1. The number of aliphatic hydroxyl groups is 1. The number of nitrogens with zero attached hydrogens (tertiary/aromatic N) is 1. The summed E-state index contributed by atoms with van der Waals surface area (Å²) in [4.78, 5) is 41.4. The SMILES string of the molecule is Cc1ccc(S[C@@H]2O[C@H](COCc3ccccc3)[C@@H](O)[C@H](OC(=O)CCl)[C@H]2N2C(=O)c3ccccc3C2=O)cc1. The highest BCUT2D eigenvalue weighted by molar-refractivity contribution is 7.99. The summed E-state index contributed by atoms with van der Waals surface area (Å²) in [6.45, 7) is 2.22. The van der Waals surface area contributed by atoms with Crippen molar-refractivity contribution in [2.75, 3.05) is 12.5 Å². The van der Waals surface area contributed by atoms with E-state index in [1.165, 1.54) is 11.8 Å². The Morgan fingerprint density at radius 1 is 0.975 bits per heavy atom. The van der Waals surface area contributed by atoms with Gasteiger partial charge in [-0.25, -0.2) is 0 Å². The number of carbonyl (C=O) groups is 3. The zero-order valence-corrected chi connectivity index (χ0v) is 23.2. The predicted molar refractivity (Wildman–Crippen MR) is 149 cm³/mol. The number of hydrogen-bond acceptors (Lipinski definition) is 8. The standard InChI is InChI=1S/C30H28ClNO7S/c1-18-11-13-20(14-12-18)40-30-25(32-28(35)21-9-5-6-10-22(21)29(32)36)27(39-24(33)15-31)26(34)23(38-30)17-37-16-19-7-3-2-4-8-19/h2-14,23,25-27,30,34H,15-17H2,1H3/t23-,25-,26-,27-,30+/m1/s1. The summed E-state index contributed by atoms with van der Waals surface area (Å²) in [5.41, 5.74) is 1.56. The number of amides is 2. The average Bonchev–Trinajstić information content (AvgIpc) is 3.22. The maximum Gasteiger partial charge on any atom is 0.321 e. The van der Waals surface area contributed by atoms with Gasteiger partial charge in [0.1, 0.15) is 29.6 Å². The van der Waals surface area contributed by atoms with Gasteiger partial charge in [-0.1, -0.05) is 71.9 Å². The molecule has 40 heavy (non-hydrogen) atoms. The van der Waals surface area contributed by atoms with Crippen LogP contribution in [0.5, 0.6) is 0 Å². The molecule has 0 radical (unpaired) electrons. The molecule has 2 aliphatic rings. The van der Waals surface area contributed by atoms with Crippen LogP contribution in [-0.2, 0) is 25.6 Å². The molecule has 2 heterocycles. The molecule has 2 aliphatic heterocycles. The van der Waals surface area contributed by atoms with Crippen molar-refractivity contribution >= 4 is 41.1 Å². The number of thioether (sulfide) groups is 1. The highest BCUT2D eigenvalue weighted by atomic mass is 35.5. The van der Waals surface area contributed by atoms with E-state index in [-0.39, 0.29) is 24.3 Å². The van der Waals surface area contributed by atoms with E-state index >= 15 is 0 Å². The monoisotopic (exact) mass is 581 g/mol. The van der Waals surface area contributed by atoms with E-state index in [4.69, 9.17) is 25.8 Å². The average molecular weight is 582 g/mol. The molecule has 0 saturated carbocycles. The first kappa shape index (κ1) is 28.3. The van der Waals surface area contributed by atoms with Crippen LogP contribution < -0.4 is 0 Å². The number of halogens is 1. The van der Waals surface area contributed by atoms with Gasteiger partial charge in [-0.15, -0.1) is 11.6 Å². The van der Waals surface area contributed by atoms with Gasteiger partial charge in [-0.2, -0.15) is 0 Å². The fraction of sp³-hybridized carbons (Fsp3) is 0.300. The minimum atomic E-state index is -1.41. The molecule has 2 amide bonds. The van der Waals surface area contributed by atoms with E-state index in [0.29, 0.717) is 0 Å². The van der Waals surface area contributed by atoms with E-state index in [1.807, 2.05) is 61.5 Å². The molecule has 0 spiro atoms. The Morgan fingerprint density at radius 3 is 2.23 bits per heavy atom. The van der Waals surface area contributed by atoms with Crippen molar-refractivity contribution in [2.24, 2.45) is 0 Å². The van der Waals surface area contributed by atoms with Gasteiger partial charge < -0.3 is 19.3 Å². The minimum Gasteiger partial charge on any atom is -0.456 e. The minimum absolute atomic E-state index is 0.0230. The van der Waals surface area contributed by atoms with Crippen molar-refractivity contribution in [1.82, 2.24) is 4.90 Å². The number of imide groups is 1. The van der Waals surface area contributed by atoms with Crippen molar-refractivity contribution in [1.29, 1.82) is 0 Å². The summed E-state index contributed by atoms with van der Waals surface area (Å²) in [5, 5.41) is 11.4. The highest BCUT2D eigenvalue weighted by Crippen LogP contribution is 2.40. The Bertz CT molecular complexity index is 1330. The molecule has 10 heteroatoms. The van der Waals surface area contributed by atoms with Crippen LogP contribution in [0.3, 0.4) is 0 Å². The largest absolute Gasteiger partial charge is 0.456 e. The molecule has 0 aromatic heterocycles. The second-order valence-corrected chi connectivity index (χ2v) is 11.0. The lowest BCUT2D eigenvalue weighted by Crippen LogP contribution is -2.65. The Labute approximate surface area is 241 Å². The molecule has 1 saturated heterocycles. The van der Waals surface area contributed by atoms with Gasteiger partial charge in [-0.05, 0) is 36.8 Å². The Hall–Kier alpha value is -3.21. The van der Waals surface area contributed by atoms with Gasteiger partial charge in [0.15, 0.2) is 6.10 Å². The third kappa shape index (κ3) is 5.94. The summed E-state index contributed by atoms with van der Waals surface area (Å²) < 4.78 is 17.9. The molecule has 5 atom stereocenters. The first-order chi connectivity index (χ1) is 19.4. The molecule has 1 N–H and O–H groups in total. The van der Waals surface area contributed by atoms with E-state index in [0.717, 1.165) is 20.9 Å². The number of hydrogen-bond donors (Lipinski definition) is 1. The number of esters is 1. The van der Waals surface area contributed by atoms with E-state index in [1.54, 1.807) is 24.3 Å². The van der Waals surface area contributed by atoms with Gasteiger partial charge in [-0.3, -0.25) is 19.3 Å². The van der Waals surface area contributed by atoms with E-state index in [9.17, 15) is 19.5 Å². The summed E-state index contributed by atoms with van der Waals surface area (Å²) >= 11 is 7.03. The normalized spacial score (nSPS) is 24.2. The molecule has 3 aromatic carbocycles. The Morgan fingerprint density at radius 2 is 1.60 bits per heavy atom. The van der Waals surface area contributed by atoms with Crippen LogP contribution in [0.1, 0.15) is 31.8 Å². The predicted octanol–water partition coefficient (Wildman–Crippen LogP) is 4.21. The zero-order valence-electron chi connectivity index (χ0n) is 21.6. The molecule has 3 aromatic rings. The lowest BCUT2D eigenvalue weighted by Gasteiger charge is -2.46. The molecular formula is C30H28ClNO7S. The third-order valence-corrected chi connectivity index (χ3v) is 8.19. The molecule has 0 unspecified atom stereocenters. The smallest absolute Gasteiger partial charge is 0.321 e. The fourth-order valence-electron chi connectivity index (χ4n) is 4.83. The maximum absolute atomic E-state index is 13.5. The lowest BCUT2D eigenvalue weighted by atomic mass is 9.96. The van der Waals surface area contributed by atoms with Crippen molar-refractivity contribution in [3.63, 3.8) is 0 Å². The second-order valence-electron chi connectivity index (χ2n) is 9.57. The van der Waals surface area contributed by atoms with Crippen LogP contribution in [0.25, 0.3) is 0 Å². The number of fused-ring (bicyclic) bond motifs is 1. The second kappa shape index (κ2) is 12.5. The van der Waals surface area contributed by atoms with Crippen LogP contribution in [0.15, 0.2) is 83.8 Å². The number of benzene rings is 3. The quantitative estimate of drug-likeness (QED) is 0.228. The van der Waals surface area contributed by atoms with Crippen molar-refractivity contribution < 1.29 is 33.7 Å². The Balaban J connectivity index is 1.48. The van der Waals surface area contributed by atoms with Gasteiger partial charge >= 0.3 is 5.97 Å². The highest BCUT2D eigenvalue weighted by Gasteiger charge is 2.55. The van der Waals surface area contributed by atoms with Gasteiger partial charge in [0, 0.05) is 4.90 Å². The number of rotatable bonds is 9. The molecular weight excluding hydrogens is 554 g/mol. The topological polar surface area (TPSA) is 102 Å². The van der Waals surface area contributed by atoms with Crippen molar-refractivity contribution in [3.05, 3.63) is 101 Å². The zero-order chi connectivity index (χ0) is 28.2. The fourth-order valence-corrected chi connectivity index (χ4v) is 6.06.